The van der Waals surface area contributed by atoms with Crippen LogP contribution in [0, 0.1) is 0 Å². The normalized spacial score (nSPS) is 18.4. The van der Waals surface area contributed by atoms with E-state index in [1.54, 1.807) is 0 Å². The predicted molar refractivity (Wildman–Crippen MR) is 78.7 cm³/mol. The van der Waals surface area contributed by atoms with Crippen LogP contribution in [0.15, 0.2) is 0 Å². The maximum absolute atomic E-state index is 10.4. The predicted octanol–water partition coefficient (Wildman–Crippen LogP) is 1.18. The van der Waals surface area contributed by atoms with Crippen LogP contribution in [0.2, 0.25) is 0 Å². The molecule has 0 aliphatic carbocycles. The highest BCUT2D eigenvalue weighted by atomic mass is 16.5. The van der Waals surface area contributed by atoms with E-state index in [0.29, 0.717) is 32.6 Å². The van der Waals surface area contributed by atoms with Gasteiger partial charge in [-0.15, -0.1) is 0 Å². The lowest BCUT2D eigenvalue weighted by Gasteiger charge is -2.32. The average Bonchev–Trinajstić information content (AvgIpc) is 2.75. The van der Waals surface area contributed by atoms with Crippen molar-refractivity contribution in [3.63, 3.8) is 0 Å². The van der Waals surface area contributed by atoms with Gasteiger partial charge < -0.3 is 15.2 Å². The molecule has 0 unspecified atom stereocenters. The zero-order chi connectivity index (χ0) is 14.6. The lowest BCUT2D eigenvalue weighted by Crippen LogP contribution is -2.44. The van der Waals surface area contributed by atoms with Gasteiger partial charge in [0.15, 0.2) is 0 Å². The van der Waals surface area contributed by atoms with Crippen molar-refractivity contribution in [1.82, 2.24) is 15.1 Å². The third-order valence-corrected chi connectivity index (χ3v) is 4.21. The molecule has 2 heterocycles. The molecule has 20 heavy (non-hydrogen) atoms. The Morgan fingerprint density at radius 3 is 2.60 bits per heavy atom. The van der Waals surface area contributed by atoms with Gasteiger partial charge in [0.05, 0.1) is 11.3 Å². The summed E-state index contributed by atoms with van der Waals surface area (Å²) in [5, 5.41) is 18.4. The molecule has 2 rings (SSSR count). The Bertz CT molecular complexity index is 437. The summed E-state index contributed by atoms with van der Waals surface area (Å²) in [6.45, 7) is 7.02. The van der Waals surface area contributed by atoms with E-state index in [4.69, 9.17) is 4.74 Å². The van der Waals surface area contributed by atoms with Gasteiger partial charge in [-0.2, -0.15) is 5.10 Å². The standard InChI is InChI=1S/C15H27N3O2/c1-4-13-12(14(5-2)18(3)17-13)10-16-11-15(19)6-8-20-9-7-15/h16,19H,4-11H2,1-3H3. The fourth-order valence-electron chi connectivity index (χ4n) is 2.94. The number of rotatable bonds is 6. The van der Waals surface area contributed by atoms with Crippen LogP contribution < -0.4 is 5.32 Å². The van der Waals surface area contributed by atoms with E-state index in [9.17, 15) is 5.11 Å². The molecule has 0 bridgehead atoms. The van der Waals surface area contributed by atoms with Gasteiger partial charge in [-0.05, 0) is 12.8 Å². The molecular formula is C15H27N3O2. The number of aliphatic hydroxyl groups is 1. The fourth-order valence-corrected chi connectivity index (χ4v) is 2.94. The topological polar surface area (TPSA) is 59.3 Å². The van der Waals surface area contributed by atoms with Crippen molar-refractivity contribution < 1.29 is 9.84 Å². The highest BCUT2D eigenvalue weighted by Gasteiger charge is 2.29. The van der Waals surface area contributed by atoms with E-state index in [-0.39, 0.29) is 0 Å². The lowest BCUT2D eigenvalue weighted by molar-refractivity contribution is -0.0617. The second-order valence-corrected chi connectivity index (χ2v) is 5.64. The molecular weight excluding hydrogens is 254 g/mol. The average molecular weight is 281 g/mol. The molecule has 1 aliphatic heterocycles. The highest BCUT2D eigenvalue weighted by molar-refractivity contribution is 5.26. The first-order valence-corrected chi connectivity index (χ1v) is 7.64. The number of hydrogen-bond donors (Lipinski definition) is 2. The molecule has 1 aliphatic rings. The van der Waals surface area contributed by atoms with Gasteiger partial charge in [-0.1, -0.05) is 13.8 Å². The maximum Gasteiger partial charge on any atom is 0.0815 e. The van der Waals surface area contributed by atoms with Crippen molar-refractivity contribution in [3.8, 4) is 0 Å². The van der Waals surface area contributed by atoms with Crippen LogP contribution in [0.4, 0.5) is 0 Å². The molecule has 1 fully saturated rings. The summed E-state index contributed by atoms with van der Waals surface area (Å²) < 4.78 is 7.29. The number of aryl methyl sites for hydroxylation is 2. The van der Waals surface area contributed by atoms with Crippen molar-refractivity contribution in [3.05, 3.63) is 17.0 Å². The van der Waals surface area contributed by atoms with Crippen molar-refractivity contribution in [2.45, 2.75) is 51.7 Å². The molecule has 0 radical (unpaired) electrons. The van der Waals surface area contributed by atoms with Crippen molar-refractivity contribution >= 4 is 0 Å². The zero-order valence-electron chi connectivity index (χ0n) is 12.9. The molecule has 0 spiro atoms. The van der Waals surface area contributed by atoms with Crippen molar-refractivity contribution in [2.24, 2.45) is 7.05 Å². The van der Waals surface area contributed by atoms with E-state index < -0.39 is 5.60 Å². The van der Waals surface area contributed by atoms with E-state index >= 15 is 0 Å². The van der Waals surface area contributed by atoms with Crippen LogP contribution in [0.25, 0.3) is 0 Å². The Labute approximate surface area is 121 Å². The third-order valence-electron chi connectivity index (χ3n) is 4.21. The van der Waals surface area contributed by atoms with Crippen molar-refractivity contribution in [1.29, 1.82) is 0 Å². The Balaban J connectivity index is 1.96. The lowest BCUT2D eigenvalue weighted by atomic mass is 9.94. The molecule has 0 amide bonds. The number of ether oxygens (including phenoxy) is 1. The Kier molecular flexibility index (Phi) is 5.18. The number of nitrogens with zero attached hydrogens (tertiary/aromatic N) is 2. The molecule has 0 aromatic carbocycles. The SMILES string of the molecule is CCc1nn(C)c(CC)c1CNCC1(O)CCOCC1. The Morgan fingerprint density at radius 2 is 2.00 bits per heavy atom. The third kappa shape index (κ3) is 3.40. The van der Waals surface area contributed by atoms with Gasteiger partial charge in [0.1, 0.15) is 0 Å². The van der Waals surface area contributed by atoms with E-state index in [1.807, 2.05) is 11.7 Å². The molecule has 1 saturated heterocycles. The summed E-state index contributed by atoms with van der Waals surface area (Å²) in [4.78, 5) is 0. The van der Waals surface area contributed by atoms with Crippen molar-refractivity contribution in [2.75, 3.05) is 19.8 Å². The number of aromatic nitrogens is 2. The van der Waals surface area contributed by atoms with Crippen LogP contribution in [0.5, 0.6) is 0 Å². The zero-order valence-corrected chi connectivity index (χ0v) is 12.9. The first-order valence-electron chi connectivity index (χ1n) is 7.64. The van der Waals surface area contributed by atoms with Crippen LogP contribution in [0.1, 0.15) is 43.6 Å². The first-order chi connectivity index (χ1) is 9.59. The van der Waals surface area contributed by atoms with Crippen LogP contribution in [-0.4, -0.2) is 40.2 Å². The smallest absolute Gasteiger partial charge is 0.0815 e. The van der Waals surface area contributed by atoms with Gasteiger partial charge in [0.2, 0.25) is 0 Å². The molecule has 2 N–H and O–H groups in total. The molecule has 5 nitrogen and oxygen atoms in total. The van der Waals surface area contributed by atoms with Crippen LogP contribution in [-0.2, 0) is 31.2 Å². The Hall–Kier alpha value is -0.910. The van der Waals surface area contributed by atoms with E-state index in [1.165, 1.54) is 11.3 Å². The summed E-state index contributed by atoms with van der Waals surface area (Å²) in [5.74, 6) is 0. The molecule has 5 heteroatoms. The summed E-state index contributed by atoms with van der Waals surface area (Å²) in [6.07, 6.45) is 3.37. The molecule has 0 atom stereocenters. The largest absolute Gasteiger partial charge is 0.388 e. The Morgan fingerprint density at radius 1 is 1.30 bits per heavy atom. The summed E-state index contributed by atoms with van der Waals surface area (Å²) in [7, 11) is 2.01. The summed E-state index contributed by atoms with van der Waals surface area (Å²) in [5.41, 5.74) is 3.14. The minimum atomic E-state index is -0.612. The van der Waals surface area contributed by atoms with E-state index in [2.05, 4.69) is 24.3 Å². The van der Waals surface area contributed by atoms with Gasteiger partial charge in [-0.3, -0.25) is 4.68 Å². The fraction of sp³-hybridized carbons (Fsp3) is 0.800. The number of hydrogen-bond acceptors (Lipinski definition) is 4. The minimum absolute atomic E-state index is 0.612. The van der Waals surface area contributed by atoms with E-state index in [0.717, 1.165) is 25.1 Å². The van der Waals surface area contributed by atoms with Crippen LogP contribution in [0.3, 0.4) is 0 Å². The van der Waals surface area contributed by atoms with Gasteiger partial charge in [-0.25, -0.2) is 0 Å². The molecule has 1 aromatic rings. The summed E-state index contributed by atoms with van der Waals surface area (Å²) >= 11 is 0. The number of nitrogens with one attached hydrogen (secondary N) is 1. The molecule has 114 valence electrons. The van der Waals surface area contributed by atoms with Gasteiger partial charge in [0.25, 0.3) is 0 Å². The van der Waals surface area contributed by atoms with Gasteiger partial charge in [0, 0.05) is 57.4 Å². The maximum atomic E-state index is 10.4. The second-order valence-electron chi connectivity index (χ2n) is 5.64. The second kappa shape index (κ2) is 6.70. The summed E-state index contributed by atoms with van der Waals surface area (Å²) in [6, 6.07) is 0. The van der Waals surface area contributed by atoms with Gasteiger partial charge >= 0.3 is 0 Å². The first kappa shape index (κ1) is 15.5. The minimum Gasteiger partial charge on any atom is -0.388 e. The highest BCUT2D eigenvalue weighted by Crippen LogP contribution is 2.20. The van der Waals surface area contributed by atoms with Crippen LogP contribution >= 0.6 is 0 Å². The molecule has 1 aromatic heterocycles. The molecule has 0 saturated carbocycles. The quantitative estimate of drug-likeness (QED) is 0.822. The monoisotopic (exact) mass is 281 g/mol.